The molecule has 1 N–H and O–H groups in total. The third-order valence-corrected chi connectivity index (χ3v) is 5.91. The van der Waals surface area contributed by atoms with E-state index < -0.39 is 0 Å². The molecule has 10 nitrogen and oxygen atoms in total. The Morgan fingerprint density at radius 2 is 1.81 bits per heavy atom. The first-order valence-corrected chi connectivity index (χ1v) is 11.7. The minimum atomic E-state index is -0.299. The Balaban J connectivity index is 1.64. The molecule has 0 saturated heterocycles. The van der Waals surface area contributed by atoms with Crippen LogP contribution in [0.4, 0.5) is 0 Å². The Hall–Kier alpha value is -4.86. The van der Waals surface area contributed by atoms with E-state index in [-0.39, 0.29) is 12.5 Å². The van der Waals surface area contributed by atoms with Crippen LogP contribution in [0.1, 0.15) is 16.9 Å². The van der Waals surface area contributed by atoms with Gasteiger partial charge in [0.1, 0.15) is 5.76 Å². The molecule has 0 atom stereocenters. The molecule has 1 aromatic carbocycles. The summed E-state index contributed by atoms with van der Waals surface area (Å²) in [5, 5.41) is 2.96. The van der Waals surface area contributed by atoms with Crippen LogP contribution in [0.2, 0.25) is 0 Å². The maximum Gasteiger partial charge on any atom is 0.253 e. The highest BCUT2D eigenvalue weighted by molar-refractivity contribution is 6.24. The summed E-state index contributed by atoms with van der Waals surface area (Å²) in [6.45, 7) is 0.797. The highest BCUT2D eigenvalue weighted by Gasteiger charge is 2.26. The molecule has 3 aromatic heterocycles. The second kappa shape index (κ2) is 10.8. The molecular formula is C27H26N6O4. The number of rotatable bonds is 9. The van der Waals surface area contributed by atoms with Gasteiger partial charge in [0.2, 0.25) is 0 Å². The molecular weight excluding hydrogens is 472 g/mol. The maximum atomic E-state index is 13.7. The summed E-state index contributed by atoms with van der Waals surface area (Å²) in [6, 6.07) is 7.46. The number of furan rings is 1. The fraction of sp³-hybridized carbons (Fsp3) is 0.185. The fourth-order valence-corrected chi connectivity index (χ4v) is 4.13. The van der Waals surface area contributed by atoms with E-state index >= 15 is 0 Å². The molecule has 0 spiro atoms. The predicted molar refractivity (Wildman–Crippen MR) is 138 cm³/mol. The van der Waals surface area contributed by atoms with Crippen molar-refractivity contribution in [2.75, 3.05) is 20.8 Å². The van der Waals surface area contributed by atoms with Crippen LogP contribution in [0.25, 0.3) is 12.4 Å². The van der Waals surface area contributed by atoms with Crippen molar-refractivity contribution in [1.82, 2.24) is 24.4 Å². The van der Waals surface area contributed by atoms with Crippen molar-refractivity contribution in [3.05, 3.63) is 96.0 Å². The van der Waals surface area contributed by atoms with Crippen molar-refractivity contribution in [2.45, 2.75) is 13.0 Å². The van der Waals surface area contributed by atoms with Gasteiger partial charge in [-0.25, -0.2) is 9.97 Å². The predicted octanol–water partition coefficient (Wildman–Crippen LogP) is 3.43. The zero-order valence-electron chi connectivity index (χ0n) is 20.5. The summed E-state index contributed by atoms with van der Waals surface area (Å²) in [5.41, 5.74) is 3.58. The number of benzene rings is 1. The first kappa shape index (κ1) is 23.9. The van der Waals surface area contributed by atoms with E-state index in [1.165, 1.54) is 0 Å². The van der Waals surface area contributed by atoms with Gasteiger partial charge in [0.05, 0.1) is 51.0 Å². The van der Waals surface area contributed by atoms with Crippen LogP contribution >= 0.6 is 0 Å². The first-order chi connectivity index (χ1) is 18.2. The zero-order valence-corrected chi connectivity index (χ0v) is 20.5. The lowest BCUT2D eigenvalue weighted by Gasteiger charge is -2.23. The summed E-state index contributed by atoms with van der Waals surface area (Å²) < 4.78 is 20.0. The van der Waals surface area contributed by atoms with Gasteiger partial charge in [-0.1, -0.05) is 0 Å². The van der Waals surface area contributed by atoms with Crippen molar-refractivity contribution in [1.29, 1.82) is 0 Å². The first-order valence-electron chi connectivity index (χ1n) is 11.7. The molecule has 4 aromatic rings. The van der Waals surface area contributed by atoms with Crippen LogP contribution in [-0.2, 0) is 17.8 Å². The summed E-state index contributed by atoms with van der Waals surface area (Å²) in [5.74, 6) is 1.58. The summed E-state index contributed by atoms with van der Waals surface area (Å²) in [7, 11) is 3.21. The number of aliphatic imine (C=N–C) groups is 1. The lowest BCUT2D eigenvalue weighted by Crippen LogP contribution is -2.28. The number of nitrogens with one attached hydrogen (secondary N) is 1. The molecule has 4 heterocycles. The Kier molecular flexibility index (Phi) is 6.98. The average Bonchev–Trinajstić information content (AvgIpc) is 3.72. The Labute approximate surface area is 213 Å². The van der Waals surface area contributed by atoms with E-state index in [9.17, 15) is 4.79 Å². The van der Waals surface area contributed by atoms with E-state index in [1.54, 1.807) is 79.3 Å². The molecule has 37 heavy (non-hydrogen) atoms. The number of amides is 1. The number of carbonyl (C=O) groups is 1. The molecule has 0 saturated carbocycles. The lowest BCUT2D eigenvalue weighted by atomic mass is 9.89. The van der Waals surface area contributed by atoms with Gasteiger partial charge < -0.3 is 28.3 Å². The minimum Gasteiger partial charge on any atom is -0.493 e. The van der Waals surface area contributed by atoms with Gasteiger partial charge >= 0.3 is 0 Å². The molecule has 0 fully saturated rings. The monoisotopic (exact) mass is 498 g/mol. The van der Waals surface area contributed by atoms with Crippen LogP contribution in [0.3, 0.4) is 0 Å². The van der Waals surface area contributed by atoms with Crippen molar-refractivity contribution in [3.63, 3.8) is 0 Å². The molecule has 0 bridgehead atoms. The zero-order chi connectivity index (χ0) is 25.6. The molecule has 1 aliphatic heterocycles. The van der Waals surface area contributed by atoms with E-state index in [4.69, 9.17) is 18.9 Å². The highest BCUT2D eigenvalue weighted by Crippen LogP contribution is 2.35. The Bertz CT molecular complexity index is 1450. The van der Waals surface area contributed by atoms with Crippen molar-refractivity contribution in [3.8, 4) is 11.5 Å². The second-order valence-corrected chi connectivity index (χ2v) is 8.21. The molecule has 0 radical (unpaired) electrons. The van der Waals surface area contributed by atoms with Gasteiger partial charge in [0, 0.05) is 54.9 Å². The lowest BCUT2D eigenvalue weighted by molar-refractivity contribution is -0.117. The number of aromatic nitrogens is 4. The normalized spacial score (nSPS) is 13.6. The number of imidazole rings is 2. The van der Waals surface area contributed by atoms with Gasteiger partial charge in [-0.15, -0.1) is 0 Å². The number of ether oxygens (including phenoxy) is 2. The summed E-state index contributed by atoms with van der Waals surface area (Å²) in [4.78, 5) is 26.9. The molecule has 0 unspecified atom stereocenters. The second-order valence-electron chi connectivity index (χ2n) is 8.21. The molecule has 10 heteroatoms. The SMILES string of the molecule is COc1cc2c(cc1OC)C(C(=Cn1ccnc1)C(=Cn1ccnc1)C(=O)NCc1ccco1)=NCC2. The number of hydrogen-bond acceptors (Lipinski definition) is 7. The van der Waals surface area contributed by atoms with Crippen molar-refractivity contribution < 1.29 is 18.7 Å². The van der Waals surface area contributed by atoms with Gasteiger partial charge in [-0.05, 0) is 36.2 Å². The van der Waals surface area contributed by atoms with Gasteiger partial charge in [0.25, 0.3) is 5.91 Å². The molecule has 1 aliphatic rings. The summed E-state index contributed by atoms with van der Waals surface area (Å²) >= 11 is 0. The smallest absolute Gasteiger partial charge is 0.253 e. The number of hydrogen-bond donors (Lipinski definition) is 1. The van der Waals surface area contributed by atoms with E-state index in [1.807, 2.05) is 24.4 Å². The Morgan fingerprint density at radius 1 is 1.08 bits per heavy atom. The van der Waals surface area contributed by atoms with Gasteiger partial charge in [-0.3, -0.25) is 9.79 Å². The van der Waals surface area contributed by atoms with E-state index in [0.29, 0.717) is 40.7 Å². The Morgan fingerprint density at radius 3 is 2.46 bits per heavy atom. The van der Waals surface area contributed by atoms with Crippen LogP contribution in [0, 0.1) is 0 Å². The minimum absolute atomic E-state index is 0.236. The quantitative estimate of drug-likeness (QED) is 0.280. The van der Waals surface area contributed by atoms with Crippen LogP contribution in [0.15, 0.2) is 88.5 Å². The van der Waals surface area contributed by atoms with Gasteiger partial charge in [-0.2, -0.15) is 0 Å². The number of carbonyl (C=O) groups excluding carboxylic acids is 1. The highest BCUT2D eigenvalue weighted by atomic mass is 16.5. The third-order valence-electron chi connectivity index (χ3n) is 5.91. The molecule has 1 amide bonds. The third kappa shape index (κ3) is 5.22. The average molecular weight is 499 g/mol. The number of methoxy groups -OCH3 is 2. The standard InChI is InChI=1S/C27H26N6O4/c1-35-24-12-19-5-6-30-26(21(19)13-25(24)36-2)22(15-32-9-7-28-17-32)23(16-33-10-8-29-18-33)27(34)31-14-20-4-3-11-37-20/h3-4,7-13,15-18H,5-6,14H2,1-2H3,(H,31,34). The van der Waals surface area contributed by atoms with E-state index in [0.717, 1.165) is 17.5 Å². The molecule has 188 valence electrons. The molecule has 5 rings (SSSR count). The molecule has 0 aliphatic carbocycles. The largest absolute Gasteiger partial charge is 0.493 e. The van der Waals surface area contributed by atoms with Crippen LogP contribution in [-0.4, -0.2) is 51.5 Å². The van der Waals surface area contributed by atoms with Crippen molar-refractivity contribution in [2.24, 2.45) is 4.99 Å². The van der Waals surface area contributed by atoms with Gasteiger partial charge in [0.15, 0.2) is 11.5 Å². The number of fused-ring (bicyclic) bond motifs is 1. The maximum absolute atomic E-state index is 13.7. The van der Waals surface area contributed by atoms with Crippen LogP contribution < -0.4 is 14.8 Å². The van der Waals surface area contributed by atoms with Crippen molar-refractivity contribution >= 4 is 24.0 Å². The topological polar surface area (TPSA) is 109 Å². The summed E-state index contributed by atoms with van der Waals surface area (Å²) in [6.07, 6.45) is 16.1. The fourth-order valence-electron chi connectivity index (χ4n) is 4.13. The van der Waals surface area contributed by atoms with Crippen LogP contribution in [0.5, 0.6) is 11.5 Å². The number of nitrogens with zero attached hydrogens (tertiary/aromatic N) is 5. The van der Waals surface area contributed by atoms with E-state index in [2.05, 4.69) is 15.3 Å².